The maximum atomic E-state index is 12.8. The van der Waals surface area contributed by atoms with Crippen LogP contribution in [0.1, 0.15) is 18.0 Å². The van der Waals surface area contributed by atoms with E-state index in [1.165, 1.54) is 0 Å². The van der Waals surface area contributed by atoms with Gasteiger partial charge in [0.05, 0.1) is 4.47 Å². The van der Waals surface area contributed by atoms with Crippen molar-refractivity contribution in [3.8, 4) is 5.75 Å². The summed E-state index contributed by atoms with van der Waals surface area (Å²) >= 11 is 3.24. The van der Waals surface area contributed by atoms with Crippen LogP contribution in [0.25, 0.3) is 0 Å². The second kappa shape index (κ2) is 6.63. The standard InChI is InChI=1S/C13H17BrF2N2O/c14-10-7-9(1-2-12(10)19)11(8-13(15)16)18-5-3-17-4-6-18/h1-2,7,11,13,17,19H,3-6,8H2/t11-/m0/s1. The molecule has 3 nitrogen and oxygen atoms in total. The van der Waals surface area contributed by atoms with Crippen LogP contribution in [-0.4, -0.2) is 42.6 Å². The van der Waals surface area contributed by atoms with Crippen molar-refractivity contribution in [1.82, 2.24) is 10.2 Å². The molecule has 0 aliphatic carbocycles. The van der Waals surface area contributed by atoms with Crippen LogP contribution in [-0.2, 0) is 0 Å². The highest BCUT2D eigenvalue weighted by molar-refractivity contribution is 9.10. The van der Waals surface area contributed by atoms with Gasteiger partial charge in [-0.05, 0) is 33.6 Å². The second-order valence-electron chi connectivity index (χ2n) is 4.64. The molecular formula is C13H17BrF2N2O. The van der Waals surface area contributed by atoms with Crippen LogP contribution in [0.5, 0.6) is 5.75 Å². The van der Waals surface area contributed by atoms with Crippen LogP contribution in [0.3, 0.4) is 0 Å². The maximum absolute atomic E-state index is 12.8. The Morgan fingerprint density at radius 3 is 2.58 bits per heavy atom. The summed E-state index contributed by atoms with van der Waals surface area (Å²) in [6, 6.07) is 4.68. The lowest BCUT2D eigenvalue weighted by molar-refractivity contribution is 0.0739. The molecule has 2 rings (SSSR count). The van der Waals surface area contributed by atoms with Gasteiger partial charge in [0.1, 0.15) is 5.75 Å². The van der Waals surface area contributed by atoms with Gasteiger partial charge in [-0.3, -0.25) is 4.90 Å². The fourth-order valence-electron chi connectivity index (χ4n) is 2.39. The van der Waals surface area contributed by atoms with Crippen molar-refractivity contribution in [2.24, 2.45) is 0 Å². The number of aromatic hydroxyl groups is 1. The smallest absolute Gasteiger partial charge is 0.240 e. The molecule has 1 aliphatic rings. The molecular weight excluding hydrogens is 318 g/mol. The molecule has 1 atom stereocenters. The molecule has 0 saturated carbocycles. The van der Waals surface area contributed by atoms with Crippen LogP contribution in [0.2, 0.25) is 0 Å². The SMILES string of the molecule is Oc1ccc([C@H](CC(F)F)N2CCNCC2)cc1Br. The zero-order chi connectivity index (χ0) is 13.8. The average molecular weight is 335 g/mol. The fourth-order valence-corrected chi connectivity index (χ4v) is 2.79. The molecule has 1 heterocycles. The van der Waals surface area contributed by atoms with Crippen molar-refractivity contribution < 1.29 is 13.9 Å². The highest BCUT2D eigenvalue weighted by Gasteiger charge is 2.25. The Bertz CT molecular complexity index is 425. The van der Waals surface area contributed by atoms with Crippen molar-refractivity contribution in [2.75, 3.05) is 26.2 Å². The normalized spacial score (nSPS) is 18.7. The minimum absolute atomic E-state index is 0.125. The van der Waals surface area contributed by atoms with E-state index >= 15 is 0 Å². The van der Waals surface area contributed by atoms with Gasteiger partial charge in [-0.1, -0.05) is 6.07 Å². The van der Waals surface area contributed by atoms with Crippen LogP contribution in [0.4, 0.5) is 8.78 Å². The number of phenolic OH excluding ortho intramolecular Hbond substituents is 1. The van der Waals surface area contributed by atoms with Crippen LogP contribution in [0.15, 0.2) is 22.7 Å². The molecule has 0 unspecified atom stereocenters. The minimum atomic E-state index is -2.34. The first-order valence-electron chi connectivity index (χ1n) is 6.29. The third kappa shape index (κ3) is 3.87. The summed E-state index contributed by atoms with van der Waals surface area (Å²) in [6.45, 7) is 3.16. The van der Waals surface area contributed by atoms with Gasteiger partial charge in [-0.25, -0.2) is 8.78 Å². The lowest BCUT2D eigenvalue weighted by Crippen LogP contribution is -2.45. The predicted octanol–water partition coefficient (Wildman–Crippen LogP) is 2.76. The molecule has 6 heteroatoms. The van der Waals surface area contributed by atoms with E-state index in [1.54, 1.807) is 18.2 Å². The van der Waals surface area contributed by atoms with Crippen molar-refractivity contribution >= 4 is 15.9 Å². The number of halogens is 3. The Hall–Kier alpha value is -0.720. The Balaban J connectivity index is 2.22. The number of phenols is 1. The van der Waals surface area contributed by atoms with Crippen molar-refractivity contribution in [1.29, 1.82) is 0 Å². The Kier molecular flexibility index (Phi) is 5.13. The van der Waals surface area contributed by atoms with Crippen LogP contribution < -0.4 is 5.32 Å². The van der Waals surface area contributed by atoms with Gasteiger partial charge in [0.2, 0.25) is 6.43 Å². The maximum Gasteiger partial charge on any atom is 0.240 e. The van der Waals surface area contributed by atoms with Crippen LogP contribution >= 0.6 is 15.9 Å². The zero-order valence-corrected chi connectivity index (χ0v) is 12.0. The molecule has 0 bridgehead atoms. The highest BCUT2D eigenvalue weighted by Crippen LogP contribution is 2.32. The molecule has 106 valence electrons. The monoisotopic (exact) mass is 334 g/mol. The molecule has 1 aromatic carbocycles. The Morgan fingerprint density at radius 1 is 1.32 bits per heavy atom. The number of rotatable bonds is 4. The summed E-state index contributed by atoms with van der Waals surface area (Å²) in [4.78, 5) is 2.07. The summed E-state index contributed by atoms with van der Waals surface area (Å²) in [5, 5.41) is 12.7. The van der Waals surface area contributed by atoms with Crippen molar-refractivity contribution in [3.05, 3.63) is 28.2 Å². The second-order valence-corrected chi connectivity index (χ2v) is 5.49. The number of piperazine rings is 1. The number of hydrogen-bond donors (Lipinski definition) is 2. The summed E-state index contributed by atoms with van der Waals surface area (Å²) in [6.07, 6.45) is -2.52. The van der Waals surface area contributed by atoms with E-state index in [4.69, 9.17) is 0 Å². The summed E-state index contributed by atoms with van der Waals surface area (Å²) in [5.74, 6) is 0.125. The molecule has 1 aliphatic heterocycles. The molecule has 19 heavy (non-hydrogen) atoms. The Morgan fingerprint density at radius 2 is 2.00 bits per heavy atom. The molecule has 0 aromatic heterocycles. The quantitative estimate of drug-likeness (QED) is 0.888. The Labute approximate surface area is 119 Å². The highest BCUT2D eigenvalue weighted by atomic mass is 79.9. The number of nitrogens with zero attached hydrogens (tertiary/aromatic N) is 1. The van der Waals surface area contributed by atoms with Gasteiger partial charge in [0.15, 0.2) is 0 Å². The van der Waals surface area contributed by atoms with E-state index in [0.29, 0.717) is 4.47 Å². The first-order chi connectivity index (χ1) is 9.08. The lowest BCUT2D eigenvalue weighted by atomic mass is 10.0. The topological polar surface area (TPSA) is 35.5 Å². The van der Waals surface area contributed by atoms with E-state index in [-0.39, 0.29) is 18.2 Å². The van der Waals surface area contributed by atoms with E-state index in [0.717, 1.165) is 31.7 Å². The molecule has 2 N–H and O–H groups in total. The number of benzene rings is 1. The molecule has 0 radical (unpaired) electrons. The summed E-state index contributed by atoms with van der Waals surface area (Å²) in [5.41, 5.74) is 0.812. The van der Waals surface area contributed by atoms with Crippen molar-refractivity contribution in [2.45, 2.75) is 18.9 Å². The first kappa shape index (κ1) is 14.7. The third-order valence-corrected chi connectivity index (χ3v) is 3.99. The number of nitrogens with one attached hydrogen (secondary N) is 1. The lowest BCUT2D eigenvalue weighted by Gasteiger charge is -2.35. The van der Waals surface area contributed by atoms with Gasteiger partial charge < -0.3 is 10.4 Å². The zero-order valence-electron chi connectivity index (χ0n) is 10.5. The average Bonchev–Trinajstić information content (AvgIpc) is 2.40. The number of hydrogen-bond acceptors (Lipinski definition) is 3. The predicted molar refractivity (Wildman–Crippen MR) is 73.6 cm³/mol. The van der Waals surface area contributed by atoms with E-state index in [9.17, 15) is 13.9 Å². The fraction of sp³-hybridized carbons (Fsp3) is 0.538. The van der Waals surface area contributed by atoms with Crippen LogP contribution in [0, 0.1) is 0 Å². The molecule has 1 fully saturated rings. The molecule has 1 saturated heterocycles. The molecule has 1 aromatic rings. The first-order valence-corrected chi connectivity index (χ1v) is 7.08. The summed E-state index contributed by atoms with van der Waals surface area (Å²) in [7, 11) is 0. The van der Waals surface area contributed by atoms with Gasteiger partial charge in [0.25, 0.3) is 0 Å². The van der Waals surface area contributed by atoms with E-state index in [1.807, 2.05) is 0 Å². The third-order valence-electron chi connectivity index (χ3n) is 3.35. The largest absolute Gasteiger partial charge is 0.507 e. The van der Waals surface area contributed by atoms with E-state index in [2.05, 4.69) is 26.1 Å². The van der Waals surface area contributed by atoms with Gasteiger partial charge in [0, 0.05) is 38.6 Å². The van der Waals surface area contributed by atoms with E-state index < -0.39 is 6.43 Å². The van der Waals surface area contributed by atoms with Crippen molar-refractivity contribution in [3.63, 3.8) is 0 Å². The summed E-state index contributed by atoms with van der Waals surface area (Å²) < 4.78 is 26.1. The van der Waals surface area contributed by atoms with Gasteiger partial charge >= 0.3 is 0 Å². The minimum Gasteiger partial charge on any atom is -0.507 e. The number of alkyl halides is 2. The van der Waals surface area contributed by atoms with Gasteiger partial charge in [-0.2, -0.15) is 0 Å². The molecule has 0 amide bonds. The molecule has 0 spiro atoms. The van der Waals surface area contributed by atoms with Gasteiger partial charge in [-0.15, -0.1) is 0 Å².